The monoisotopic (exact) mass is 328 g/mol. The first-order valence-corrected chi connectivity index (χ1v) is 8.52. The van der Waals surface area contributed by atoms with Crippen molar-refractivity contribution in [2.24, 2.45) is 0 Å². The molecule has 1 aliphatic carbocycles. The maximum absolute atomic E-state index is 12.3. The first-order valence-electron chi connectivity index (χ1n) is 8.52. The molecule has 0 radical (unpaired) electrons. The number of likely N-dealkylation sites (N-methyl/N-ethyl adjacent to an activating group) is 1. The average molecular weight is 328 g/mol. The second-order valence-electron chi connectivity index (χ2n) is 6.67. The molecular weight excluding hydrogens is 304 g/mol. The third-order valence-electron chi connectivity index (χ3n) is 4.66. The first kappa shape index (κ1) is 16.7. The quantitative estimate of drug-likeness (QED) is 0.885. The van der Waals surface area contributed by atoms with Crippen molar-refractivity contribution < 1.29 is 14.3 Å². The molecule has 5 heteroatoms. The molecule has 5 nitrogen and oxygen atoms in total. The van der Waals surface area contributed by atoms with Gasteiger partial charge in [-0.3, -0.25) is 4.79 Å². The summed E-state index contributed by atoms with van der Waals surface area (Å²) in [7, 11) is 1.75. The molecule has 1 fully saturated rings. The van der Waals surface area contributed by atoms with Gasteiger partial charge in [-0.25, -0.2) is 4.98 Å². The maximum atomic E-state index is 12.3. The van der Waals surface area contributed by atoms with Crippen LogP contribution in [0.1, 0.15) is 38.0 Å². The molecule has 1 heterocycles. The van der Waals surface area contributed by atoms with Gasteiger partial charge in [0.1, 0.15) is 0 Å². The summed E-state index contributed by atoms with van der Waals surface area (Å²) in [5.41, 5.74) is 0.275. The summed E-state index contributed by atoms with van der Waals surface area (Å²) >= 11 is 0. The lowest BCUT2D eigenvalue weighted by atomic mass is 10.0. The largest absolute Gasteiger partial charge is 0.441 e. The molecule has 0 atom stereocenters. The van der Waals surface area contributed by atoms with Crippen LogP contribution in [0, 0.1) is 0 Å². The van der Waals surface area contributed by atoms with E-state index in [1.165, 1.54) is 0 Å². The lowest BCUT2D eigenvalue weighted by Crippen LogP contribution is -2.42. The zero-order chi connectivity index (χ0) is 17.0. The Hall–Kier alpha value is -2.14. The van der Waals surface area contributed by atoms with Gasteiger partial charge in [0.2, 0.25) is 5.91 Å². The second-order valence-corrected chi connectivity index (χ2v) is 6.67. The third-order valence-corrected chi connectivity index (χ3v) is 4.66. The molecule has 3 rings (SSSR count). The molecule has 1 saturated carbocycles. The fraction of sp³-hybridized carbons (Fsp3) is 0.474. The standard InChI is InChI=1S/C19H24N2O3/c1-21(14-19(23)11-5-6-12-19)18(22)10-9-17-20-13-16(24-17)15-7-3-2-4-8-15/h2-4,7-8,13,23H,5-6,9-12,14H2,1H3. The molecule has 24 heavy (non-hydrogen) atoms. The van der Waals surface area contributed by atoms with Gasteiger partial charge in [0.05, 0.1) is 11.8 Å². The molecule has 0 unspecified atom stereocenters. The average Bonchev–Trinajstić information content (AvgIpc) is 3.22. The van der Waals surface area contributed by atoms with E-state index in [2.05, 4.69) is 4.98 Å². The highest BCUT2D eigenvalue weighted by Gasteiger charge is 2.33. The topological polar surface area (TPSA) is 66.6 Å². The van der Waals surface area contributed by atoms with E-state index in [1.54, 1.807) is 18.1 Å². The molecular formula is C19H24N2O3. The minimum Gasteiger partial charge on any atom is -0.441 e. The summed E-state index contributed by atoms with van der Waals surface area (Å²) in [5.74, 6) is 1.29. The van der Waals surface area contributed by atoms with E-state index in [1.807, 2.05) is 30.3 Å². The van der Waals surface area contributed by atoms with Crippen LogP contribution in [0.15, 0.2) is 40.9 Å². The zero-order valence-electron chi connectivity index (χ0n) is 14.1. The van der Waals surface area contributed by atoms with Gasteiger partial charge in [0, 0.05) is 32.0 Å². The molecule has 0 saturated heterocycles. The summed E-state index contributed by atoms with van der Waals surface area (Å²) in [4.78, 5) is 18.2. The van der Waals surface area contributed by atoms with Crippen molar-refractivity contribution in [3.63, 3.8) is 0 Å². The smallest absolute Gasteiger partial charge is 0.222 e. The van der Waals surface area contributed by atoms with Crippen molar-refractivity contribution in [1.29, 1.82) is 0 Å². The van der Waals surface area contributed by atoms with E-state index in [0.717, 1.165) is 31.2 Å². The van der Waals surface area contributed by atoms with E-state index >= 15 is 0 Å². The predicted molar refractivity (Wildman–Crippen MR) is 91.3 cm³/mol. The van der Waals surface area contributed by atoms with Crippen molar-refractivity contribution >= 4 is 5.91 Å². The number of aromatic nitrogens is 1. The highest BCUT2D eigenvalue weighted by molar-refractivity contribution is 5.76. The molecule has 1 aromatic heterocycles. The van der Waals surface area contributed by atoms with Crippen LogP contribution >= 0.6 is 0 Å². The predicted octanol–water partition coefficient (Wildman–Crippen LogP) is 3.04. The van der Waals surface area contributed by atoms with Crippen LogP contribution in [0.2, 0.25) is 0 Å². The van der Waals surface area contributed by atoms with E-state index in [4.69, 9.17) is 4.42 Å². The van der Waals surface area contributed by atoms with Gasteiger partial charge in [-0.2, -0.15) is 0 Å². The number of carbonyl (C=O) groups is 1. The number of amides is 1. The zero-order valence-corrected chi connectivity index (χ0v) is 14.1. The van der Waals surface area contributed by atoms with Crippen LogP contribution in [0.5, 0.6) is 0 Å². The summed E-state index contributed by atoms with van der Waals surface area (Å²) in [5, 5.41) is 10.4. The fourth-order valence-electron chi connectivity index (χ4n) is 3.29. The second kappa shape index (κ2) is 7.18. The number of benzene rings is 1. The van der Waals surface area contributed by atoms with E-state index in [9.17, 15) is 9.90 Å². The Morgan fingerprint density at radius 2 is 2.00 bits per heavy atom. The Kier molecular flexibility index (Phi) is 5.00. The van der Waals surface area contributed by atoms with Crippen LogP contribution in [0.25, 0.3) is 11.3 Å². The molecule has 2 aromatic rings. The maximum Gasteiger partial charge on any atom is 0.222 e. The molecule has 0 spiro atoms. The minimum absolute atomic E-state index is 0.00906. The summed E-state index contributed by atoms with van der Waals surface area (Å²) in [6.07, 6.45) is 6.14. The normalized spacial score (nSPS) is 16.2. The minimum atomic E-state index is -0.701. The number of aliphatic hydroxyl groups is 1. The molecule has 1 aliphatic rings. The number of rotatable bonds is 6. The number of aryl methyl sites for hydroxylation is 1. The van der Waals surface area contributed by atoms with Gasteiger partial charge in [0.15, 0.2) is 11.7 Å². The van der Waals surface area contributed by atoms with Crippen molar-refractivity contribution in [2.75, 3.05) is 13.6 Å². The Morgan fingerprint density at radius 3 is 2.71 bits per heavy atom. The first-order chi connectivity index (χ1) is 11.6. The lowest BCUT2D eigenvalue weighted by Gasteiger charge is -2.28. The van der Waals surface area contributed by atoms with E-state index < -0.39 is 5.60 Å². The highest BCUT2D eigenvalue weighted by atomic mass is 16.4. The molecule has 128 valence electrons. The molecule has 0 aliphatic heterocycles. The summed E-state index contributed by atoms with van der Waals surface area (Å²) in [6, 6.07) is 9.78. The fourth-order valence-corrected chi connectivity index (χ4v) is 3.29. The van der Waals surface area contributed by atoms with Gasteiger partial charge in [-0.1, -0.05) is 43.2 Å². The third kappa shape index (κ3) is 4.03. The van der Waals surface area contributed by atoms with Gasteiger partial charge in [-0.15, -0.1) is 0 Å². The van der Waals surface area contributed by atoms with Crippen molar-refractivity contribution in [2.45, 2.75) is 44.1 Å². The Morgan fingerprint density at radius 1 is 1.29 bits per heavy atom. The summed E-state index contributed by atoms with van der Waals surface area (Å²) < 4.78 is 5.72. The molecule has 1 aromatic carbocycles. The van der Waals surface area contributed by atoms with Crippen LogP contribution in [-0.2, 0) is 11.2 Å². The number of oxazole rings is 1. The summed E-state index contributed by atoms with van der Waals surface area (Å²) in [6.45, 7) is 0.409. The number of hydrogen-bond acceptors (Lipinski definition) is 4. The van der Waals surface area contributed by atoms with Crippen molar-refractivity contribution in [3.05, 3.63) is 42.4 Å². The number of nitrogens with zero attached hydrogens (tertiary/aromatic N) is 2. The van der Waals surface area contributed by atoms with Crippen LogP contribution in [-0.4, -0.2) is 40.1 Å². The van der Waals surface area contributed by atoms with Crippen molar-refractivity contribution in [1.82, 2.24) is 9.88 Å². The van der Waals surface area contributed by atoms with E-state index in [-0.39, 0.29) is 5.91 Å². The highest BCUT2D eigenvalue weighted by Crippen LogP contribution is 2.30. The number of hydrogen-bond donors (Lipinski definition) is 1. The Balaban J connectivity index is 1.52. The Labute approximate surface area is 142 Å². The van der Waals surface area contributed by atoms with Crippen LogP contribution in [0.4, 0.5) is 0 Å². The Bertz CT molecular complexity index is 675. The van der Waals surface area contributed by atoms with Gasteiger partial charge in [-0.05, 0) is 12.8 Å². The van der Waals surface area contributed by atoms with Gasteiger partial charge in [0.25, 0.3) is 0 Å². The number of carbonyl (C=O) groups excluding carboxylic acids is 1. The van der Waals surface area contributed by atoms with Crippen LogP contribution < -0.4 is 0 Å². The molecule has 1 N–H and O–H groups in total. The molecule has 1 amide bonds. The SMILES string of the molecule is CN(CC1(O)CCCC1)C(=O)CCc1ncc(-c2ccccc2)o1. The van der Waals surface area contributed by atoms with Gasteiger partial charge < -0.3 is 14.4 Å². The van der Waals surface area contributed by atoms with Crippen LogP contribution in [0.3, 0.4) is 0 Å². The lowest BCUT2D eigenvalue weighted by molar-refractivity contribution is -0.133. The van der Waals surface area contributed by atoms with Gasteiger partial charge >= 0.3 is 0 Å². The molecule has 0 bridgehead atoms. The van der Waals surface area contributed by atoms with Crippen molar-refractivity contribution in [3.8, 4) is 11.3 Å². The van der Waals surface area contributed by atoms with E-state index in [0.29, 0.717) is 31.0 Å².